The Kier molecular flexibility index (Phi) is 7.47. The Morgan fingerprint density at radius 2 is 2.05 bits per heavy atom. The van der Waals surface area contributed by atoms with E-state index in [9.17, 15) is 4.79 Å². The van der Waals surface area contributed by atoms with Gasteiger partial charge in [0.05, 0.1) is 0 Å². The second-order valence-electron chi connectivity index (χ2n) is 4.93. The molecule has 5 heteroatoms. The third kappa shape index (κ3) is 6.30. The van der Waals surface area contributed by atoms with Gasteiger partial charge in [-0.05, 0) is 31.9 Å². The maximum absolute atomic E-state index is 11.8. The highest BCUT2D eigenvalue weighted by molar-refractivity contribution is 7.99. The fourth-order valence-electron chi connectivity index (χ4n) is 1.74. The molecule has 0 radical (unpaired) electrons. The van der Waals surface area contributed by atoms with Crippen molar-refractivity contribution in [3.8, 4) is 0 Å². The number of amides is 2. The summed E-state index contributed by atoms with van der Waals surface area (Å²) < 4.78 is 0. The molecule has 1 rings (SSSR count). The van der Waals surface area contributed by atoms with Crippen molar-refractivity contribution in [3.05, 3.63) is 30.3 Å². The Hall–Kier alpha value is -1.20. The quantitative estimate of drug-likeness (QED) is 0.510. The zero-order chi connectivity index (χ0) is 14.8. The molecule has 0 spiro atoms. The van der Waals surface area contributed by atoms with E-state index in [1.54, 1.807) is 11.8 Å². The minimum absolute atomic E-state index is 0.0779. The van der Waals surface area contributed by atoms with Crippen LogP contribution in [0.25, 0.3) is 0 Å². The first-order valence-corrected chi connectivity index (χ1v) is 7.93. The summed E-state index contributed by atoms with van der Waals surface area (Å²) in [7, 11) is 0. The SMILES string of the molecule is CCC(C)(CCO)NC(=O)NCCSc1ccccc1. The largest absolute Gasteiger partial charge is 0.396 e. The number of aliphatic hydroxyl groups is 1. The van der Waals surface area contributed by atoms with E-state index in [0.29, 0.717) is 13.0 Å². The first kappa shape index (κ1) is 16.9. The number of carbonyl (C=O) groups excluding carboxylic acids is 1. The topological polar surface area (TPSA) is 61.4 Å². The van der Waals surface area contributed by atoms with Gasteiger partial charge in [0.2, 0.25) is 0 Å². The van der Waals surface area contributed by atoms with Gasteiger partial charge in [-0.1, -0.05) is 25.1 Å². The molecule has 0 aliphatic carbocycles. The maximum atomic E-state index is 11.8. The Morgan fingerprint density at radius 1 is 1.35 bits per heavy atom. The van der Waals surface area contributed by atoms with E-state index >= 15 is 0 Å². The molecule has 1 aromatic carbocycles. The van der Waals surface area contributed by atoms with Crippen LogP contribution >= 0.6 is 11.8 Å². The van der Waals surface area contributed by atoms with E-state index in [2.05, 4.69) is 22.8 Å². The monoisotopic (exact) mass is 296 g/mol. The van der Waals surface area contributed by atoms with Crippen LogP contribution < -0.4 is 10.6 Å². The highest BCUT2D eigenvalue weighted by Crippen LogP contribution is 2.16. The normalized spacial score (nSPS) is 13.6. The van der Waals surface area contributed by atoms with Crippen molar-refractivity contribution in [2.75, 3.05) is 18.9 Å². The summed E-state index contributed by atoms with van der Waals surface area (Å²) in [5.74, 6) is 0.834. The standard InChI is InChI=1S/C15H24N2O2S/c1-3-15(2,9-11-18)17-14(19)16-10-12-20-13-7-5-4-6-8-13/h4-8,18H,3,9-12H2,1-2H3,(H2,16,17,19). The summed E-state index contributed by atoms with van der Waals surface area (Å²) in [5.41, 5.74) is -0.342. The van der Waals surface area contributed by atoms with Gasteiger partial charge in [-0.15, -0.1) is 11.8 Å². The Bertz CT molecular complexity index is 400. The van der Waals surface area contributed by atoms with Crippen molar-refractivity contribution in [3.63, 3.8) is 0 Å². The smallest absolute Gasteiger partial charge is 0.315 e. The lowest BCUT2D eigenvalue weighted by atomic mass is 9.95. The number of rotatable bonds is 8. The van der Waals surface area contributed by atoms with Crippen LogP contribution in [0.4, 0.5) is 4.79 Å². The second kappa shape index (κ2) is 8.87. The van der Waals surface area contributed by atoms with Crippen LogP contribution in [0.15, 0.2) is 35.2 Å². The van der Waals surface area contributed by atoms with Crippen LogP contribution in [0.3, 0.4) is 0 Å². The van der Waals surface area contributed by atoms with Gasteiger partial charge >= 0.3 is 6.03 Å². The van der Waals surface area contributed by atoms with Crippen molar-refractivity contribution in [1.82, 2.24) is 10.6 Å². The van der Waals surface area contributed by atoms with Crippen LogP contribution in [-0.2, 0) is 0 Å². The molecule has 0 aromatic heterocycles. The lowest BCUT2D eigenvalue weighted by molar-refractivity contribution is 0.201. The predicted molar refractivity (Wildman–Crippen MR) is 84.1 cm³/mol. The molecule has 2 amide bonds. The summed E-state index contributed by atoms with van der Waals surface area (Å²) in [6.45, 7) is 4.64. The van der Waals surface area contributed by atoms with Crippen LogP contribution in [0.5, 0.6) is 0 Å². The van der Waals surface area contributed by atoms with Gasteiger partial charge in [-0.25, -0.2) is 4.79 Å². The molecule has 0 saturated heterocycles. The van der Waals surface area contributed by atoms with Gasteiger partial charge in [0.25, 0.3) is 0 Å². The fraction of sp³-hybridized carbons (Fsp3) is 0.533. The third-order valence-corrected chi connectivity index (χ3v) is 4.27. The number of hydrogen-bond donors (Lipinski definition) is 3. The van der Waals surface area contributed by atoms with Gasteiger partial charge in [0, 0.05) is 29.3 Å². The summed E-state index contributed by atoms with van der Waals surface area (Å²) in [6.07, 6.45) is 1.36. The number of benzene rings is 1. The highest BCUT2D eigenvalue weighted by atomic mass is 32.2. The Morgan fingerprint density at radius 3 is 2.65 bits per heavy atom. The van der Waals surface area contributed by atoms with Crippen molar-refractivity contribution in [2.24, 2.45) is 0 Å². The molecule has 0 bridgehead atoms. The van der Waals surface area contributed by atoms with Crippen LogP contribution in [-0.4, -0.2) is 35.6 Å². The van der Waals surface area contributed by atoms with Gasteiger partial charge < -0.3 is 15.7 Å². The van der Waals surface area contributed by atoms with Gasteiger partial charge in [-0.3, -0.25) is 0 Å². The Labute approximate surface area is 125 Å². The molecule has 0 aliphatic heterocycles. The van der Waals surface area contributed by atoms with Crippen molar-refractivity contribution >= 4 is 17.8 Å². The molecule has 0 aliphatic rings. The van der Waals surface area contributed by atoms with E-state index in [1.807, 2.05) is 32.0 Å². The zero-order valence-electron chi connectivity index (χ0n) is 12.2. The van der Waals surface area contributed by atoms with E-state index in [0.717, 1.165) is 12.2 Å². The summed E-state index contributed by atoms with van der Waals surface area (Å²) >= 11 is 1.71. The van der Waals surface area contributed by atoms with Crippen LogP contribution in [0.1, 0.15) is 26.7 Å². The average Bonchev–Trinajstić information content (AvgIpc) is 2.45. The number of thioether (sulfide) groups is 1. The van der Waals surface area contributed by atoms with Crippen LogP contribution in [0.2, 0.25) is 0 Å². The minimum Gasteiger partial charge on any atom is -0.396 e. The van der Waals surface area contributed by atoms with Gasteiger partial charge in [-0.2, -0.15) is 0 Å². The molecule has 0 fully saturated rings. The summed E-state index contributed by atoms with van der Waals surface area (Å²) in [6, 6.07) is 9.94. The molecule has 3 N–H and O–H groups in total. The predicted octanol–water partition coefficient (Wildman–Crippen LogP) is 2.63. The molecule has 0 heterocycles. The molecule has 1 atom stereocenters. The molecule has 112 valence electrons. The molecule has 1 aromatic rings. The summed E-state index contributed by atoms with van der Waals surface area (Å²) in [5, 5.41) is 14.8. The highest BCUT2D eigenvalue weighted by Gasteiger charge is 2.23. The molecule has 1 unspecified atom stereocenters. The van der Waals surface area contributed by atoms with Crippen molar-refractivity contribution in [1.29, 1.82) is 0 Å². The van der Waals surface area contributed by atoms with Crippen molar-refractivity contribution < 1.29 is 9.90 Å². The first-order chi connectivity index (χ1) is 9.59. The number of carbonyl (C=O) groups is 1. The van der Waals surface area contributed by atoms with Crippen molar-refractivity contribution in [2.45, 2.75) is 37.1 Å². The minimum atomic E-state index is -0.342. The lowest BCUT2D eigenvalue weighted by Crippen LogP contribution is -2.50. The van der Waals surface area contributed by atoms with Gasteiger partial charge in [0.1, 0.15) is 0 Å². The third-order valence-electron chi connectivity index (χ3n) is 3.26. The Balaban J connectivity index is 2.23. The molecular weight excluding hydrogens is 272 g/mol. The number of hydrogen-bond acceptors (Lipinski definition) is 3. The number of nitrogens with one attached hydrogen (secondary N) is 2. The average molecular weight is 296 g/mol. The molecule has 20 heavy (non-hydrogen) atoms. The van der Waals surface area contributed by atoms with Gasteiger partial charge in [0.15, 0.2) is 0 Å². The van der Waals surface area contributed by atoms with E-state index in [1.165, 1.54) is 4.90 Å². The fourth-order valence-corrected chi connectivity index (χ4v) is 2.53. The van der Waals surface area contributed by atoms with E-state index in [4.69, 9.17) is 5.11 Å². The molecule has 0 saturated carbocycles. The second-order valence-corrected chi connectivity index (χ2v) is 6.10. The zero-order valence-corrected chi connectivity index (χ0v) is 13.0. The number of aliphatic hydroxyl groups excluding tert-OH is 1. The van der Waals surface area contributed by atoms with E-state index < -0.39 is 0 Å². The lowest BCUT2D eigenvalue weighted by Gasteiger charge is -2.29. The van der Waals surface area contributed by atoms with Crippen LogP contribution in [0, 0.1) is 0 Å². The number of urea groups is 1. The van der Waals surface area contributed by atoms with E-state index in [-0.39, 0.29) is 18.2 Å². The summed E-state index contributed by atoms with van der Waals surface area (Å²) in [4.78, 5) is 13.0. The molecular formula is C15H24N2O2S. The first-order valence-electron chi connectivity index (χ1n) is 6.94. The molecule has 4 nitrogen and oxygen atoms in total. The maximum Gasteiger partial charge on any atom is 0.315 e.